The van der Waals surface area contributed by atoms with E-state index >= 15 is 0 Å². The van der Waals surface area contributed by atoms with Gasteiger partial charge in [-0.05, 0) is 30.8 Å². The third-order valence-corrected chi connectivity index (χ3v) is 6.55. The molecule has 23 heavy (non-hydrogen) atoms. The van der Waals surface area contributed by atoms with E-state index in [9.17, 15) is 12.8 Å². The zero-order chi connectivity index (χ0) is 16.4. The maximum absolute atomic E-state index is 13.7. The van der Waals surface area contributed by atoms with Gasteiger partial charge in [-0.1, -0.05) is 12.1 Å². The first kappa shape index (κ1) is 16.6. The van der Waals surface area contributed by atoms with Crippen molar-refractivity contribution in [1.82, 2.24) is 9.80 Å². The lowest BCUT2D eigenvalue weighted by Crippen LogP contribution is -2.53. The van der Waals surface area contributed by atoms with Crippen LogP contribution in [-0.2, 0) is 9.84 Å². The average molecular weight is 357 g/mol. The van der Waals surface area contributed by atoms with Crippen LogP contribution in [0.4, 0.5) is 10.1 Å². The Morgan fingerprint density at radius 3 is 2.52 bits per heavy atom. The summed E-state index contributed by atoms with van der Waals surface area (Å²) in [5.41, 5.74) is 0.377. The van der Waals surface area contributed by atoms with Crippen molar-refractivity contribution in [1.29, 1.82) is 0 Å². The number of benzene rings is 1. The minimum atomic E-state index is -2.86. The Morgan fingerprint density at radius 1 is 1.22 bits per heavy atom. The van der Waals surface area contributed by atoms with Crippen LogP contribution in [0.1, 0.15) is 6.42 Å². The van der Waals surface area contributed by atoms with E-state index < -0.39 is 9.84 Å². The van der Waals surface area contributed by atoms with Gasteiger partial charge in [-0.2, -0.15) is 0 Å². The van der Waals surface area contributed by atoms with Gasteiger partial charge in [0.25, 0.3) is 0 Å². The van der Waals surface area contributed by atoms with Crippen LogP contribution in [0, 0.1) is 5.82 Å². The van der Waals surface area contributed by atoms with E-state index in [1.54, 1.807) is 18.2 Å². The summed E-state index contributed by atoms with van der Waals surface area (Å²) in [6, 6.07) is 6.57. The van der Waals surface area contributed by atoms with Gasteiger partial charge < -0.3 is 10.2 Å². The van der Waals surface area contributed by atoms with Gasteiger partial charge >= 0.3 is 0 Å². The molecular formula is C15H20FN3O2S2. The maximum atomic E-state index is 13.7. The SMILES string of the molecule is O=S1(=O)CC[C@@H](N2CCN(C(=S)Nc3ccccc3F)CC2)C1. The van der Waals surface area contributed by atoms with Gasteiger partial charge in [-0.15, -0.1) is 0 Å². The molecule has 1 aromatic carbocycles. The van der Waals surface area contributed by atoms with E-state index in [0.717, 1.165) is 32.6 Å². The van der Waals surface area contributed by atoms with Gasteiger partial charge in [-0.3, -0.25) is 4.90 Å². The Bertz CT molecular complexity index is 688. The molecule has 1 N–H and O–H groups in total. The predicted octanol–water partition coefficient (Wildman–Crippen LogP) is 1.33. The quantitative estimate of drug-likeness (QED) is 0.806. The molecule has 3 rings (SSSR count). The third-order valence-electron chi connectivity index (χ3n) is 4.44. The van der Waals surface area contributed by atoms with Crippen molar-refractivity contribution < 1.29 is 12.8 Å². The van der Waals surface area contributed by atoms with Gasteiger partial charge in [0.15, 0.2) is 14.9 Å². The number of para-hydroxylation sites is 1. The van der Waals surface area contributed by atoms with E-state index in [2.05, 4.69) is 10.2 Å². The molecule has 2 aliphatic rings. The van der Waals surface area contributed by atoms with Crippen LogP contribution >= 0.6 is 12.2 Å². The van der Waals surface area contributed by atoms with Crippen LogP contribution in [0.2, 0.25) is 0 Å². The number of nitrogens with one attached hydrogen (secondary N) is 1. The Hall–Kier alpha value is -1.25. The van der Waals surface area contributed by atoms with E-state index in [4.69, 9.17) is 12.2 Å². The highest BCUT2D eigenvalue weighted by atomic mass is 32.2. The lowest BCUT2D eigenvalue weighted by Gasteiger charge is -2.38. The van der Waals surface area contributed by atoms with E-state index in [-0.39, 0.29) is 17.6 Å². The molecule has 0 spiro atoms. The Kier molecular flexibility index (Phi) is 4.84. The number of hydrogen-bond donors (Lipinski definition) is 1. The normalized spacial score (nSPS) is 24.6. The van der Waals surface area contributed by atoms with Gasteiger partial charge in [0, 0.05) is 32.2 Å². The number of thiocarbonyl (C=S) groups is 1. The second-order valence-corrected chi connectivity index (χ2v) is 8.61. The van der Waals surface area contributed by atoms with Crippen LogP contribution in [-0.4, -0.2) is 67.1 Å². The van der Waals surface area contributed by atoms with Crippen LogP contribution in [0.25, 0.3) is 0 Å². The minimum absolute atomic E-state index is 0.134. The second-order valence-electron chi connectivity index (χ2n) is 5.99. The fourth-order valence-corrected chi connectivity index (χ4v) is 5.16. The predicted molar refractivity (Wildman–Crippen MR) is 92.8 cm³/mol. The highest BCUT2D eigenvalue weighted by Crippen LogP contribution is 2.20. The third kappa shape index (κ3) is 3.99. The minimum Gasteiger partial charge on any atom is -0.346 e. The molecule has 2 heterocycles. The summed E-state index contributed by atoms with van der Waals surface area (Å²) in [6.07, 6.45) is 0.722. The molecule has 2 fully saturated rings. The van der Waals surface area contributed by atoms with Crippen molar-refractivity contribution in [2.75, 3.05) is 43.0 Å². The summed E-state index contributed by atoms with van der Waals surface area (Å²) in [4.78, 5) is 4.23. The molecule has 2 saturated heterocycles. The molecule has 5 nitrogen and oxygen atoms in total. The monoisotopic (exact) mass is 357 g/mol. The van der Waals surface area contributed by atoms with Crippen LogP contribution in [0.5, 0.6) is 0 Å². The molecule has 0 bridgehead atoms. The first-order chi connectivity index (χ1) is 10.9. The van der Waals surface area contributed by atoms with Crippen LogP contribution < -0.4 is 5.32 Å². The van der Waals surface area contributed by atoms with E-state index in [1.165, 1.54) is 6.07 Å². The first-order valence-electron chi connectivity index (χ1n) is 7.69. The average Bonchev–Trinajstić information content (AvgIpc) is 2.90. The highest BCUT2D eigenvalue weighted by Gasteiger charge is 2.33. The molecule has 0 radical (unpaired) electrons. The molecule has 0 amide bonds. The van der Waals surface area contributed by atoms with Crippen LogP contribution in [0.3, 0.4) is 0 Å². The molecule has 0 saturated carbocycles. The van der Waals surface area contributed by atoms with Gasteiger partial charge in [0.1, 0.15) is 5.82 Å². The number of hydrogen-bond acceptors (Lipinski definition) is 4. The number of anilines is 1. The Morgan fingerprint density at radius 2 is 1.91 bits per heavy atom. The standard InChI is InChI=1S/C15H20FN3O2S2/c16-13-3-1-2-4-14(13)17-15(22)19-8-6-18(7-9-19)12-5-10-23(20,21)11-12/h1-4,12H,5-11H2,(H,17,22)/t12-/m1/s1. The van der Waals surface area contributed by atoms with Crippen molar-refractivity contribution in [2.45, 2.75) is 12.5 Å². The van der Waals surface area contributed by atoms with Crippen molar-refractivity contribution in [2.24, 2.45) is 0 Å². The number of halogens is 1. The van der Waals surface area contributed by atoms with Crippen LogP contribution in [0.15, 0.2) is 24.3 Å². The summed E-state index contributed by atoms with van der Waals surface area (Å²) in [6.45, 7) is 2.99. The number of rotatable bonds is 2. The molecule has 8 heteroatoms. The van der Waals surface area contributed by atoms with E-state index in [1.807, 2.05) is 4.90 Å². The molecule has 126 valence electrons. The molecule has 0 aromatic heterocycles. The smallest absolute Gasteiger partial charge is 0.173 e. The number of sulfone groups is 1. The van der Waals surface area contributed by atoms with Crippen molar-refractivity contribution >= 4 is 32.9 Å². The molecule has 0 aliphatic carbocycles. The summed E-state index contributed by atoms with van der Waals surface area (Å²) in [7, 11) is -2.86. The molecular weight excluding hydrogens is 337 g/mol. The summed E-state index contributed by atoms with van der Waals surface area (Å²) in [5.74, 6) is 0.237. The van der Waals surface area contributed by atoms with Gasteiger partial charge in [0.2, 0.25) is 0 Å². The van der Waals surface area contributed by atoms with Crippen molar-refractivity contribution in [3.63, 3.8) is 0 Å². The molecule has 2 aliphatic heterocycles. The Balaban J connectivity index is 1.53. The Labute approximate surface area is 141 Å². The number of piperazine rings is 1. The molecule has 1 atom stereocenters. The fourth-order valence-electron chi connectivity index (χ4n) is 3.11. The first-order valence-corrected chi connectivity index (χ1v) is 9.92. The topological polar surface area (TPSA) is 52.7 Å². The number of nitrogens with zero attached hydrogens (tertiary/aromatic N) is 2. The lowest BCUT2D eigenvalue weighted by molar-refractivity contribution is 0.144. The van der Waals surface area contributed by atoms with E-state index in [0.29, 0.717) is 16.6 Å². The van der Waals surface area contributed by atoms with Crippen molar-refractivity contribution in [3.8, 4) is 0 Å². The largest absolute Gasteiger partial charge is 0.346 e. The summed E-state index contributed by atoms with van der Waals surface area (Å²) in [5, 5.41) is 3.45. The van der Waals surface area contributed by atoms with Gasteiger partial charge in [0.05, 0.1) is 17.2 Å². The van der Waals surface area contributed by atoms with Gasteiger partial charge in [-0.25, -0.2) is 12.8 Å². The fraction of sp³-hybridized carbons (Fsp3) is 0.533. The zero-order valence-corrected chi connectivity index (χ0v) is 14.4. The molecule has 0 unspecified atom stereocenters. The second kappa shape index (κ2) is 6.70. The van der Waals surface area contributed by atoms with Crippen molar-refractivity contribution in [3.05, 3.63) is 30.1 Å². The zero-order valence-electron chi connectivity index (χ0n) is 12.7. The molecule has 1 aromatic rings. The highest BCUT2D eigenvalue weighted by molar-refractivity contribution is 7.91. The summed E-state index contributed by atoms with van der Waals surface area (Å²) >= 11 is 5.36. The lowest BCUT2D eigenvalue weighted by atomic mass is 10.2. The maximum Gasteiger partial charge on any atom is 0.173 e. The summed E-state index contributed by atoms with van der Waals surface area (Å²) < 4.78 is 36.8.